The summed E-state index contributed by atoms with van der Waals surface area (Å²) >= 11 is 0. The van der Waals surface area contributed by atoms with Gasteiger partial charge in [-0.2, -0.15) is 0 Å². The number of benzene rings is 2. The molecule has 0 aliphatic heterocycles. The largest absolute Gasteiger partial charge is 0.384 e. The summed E-state index contributed by atoms with van der Waals surface area (Å²) in [6.45, 7) is 0. The molecular weight excluding hydrogens is 220 g/mol. The van der Waals surface area contributed by atoms with Gasteiger partial charge in [0.05, 0.1) is 5.60 Å². The summed E-state index contributed by atoms with van der Waals surface area (Å²) in [5.74, 6) is 1.56. The van der Waals surface area contributed by atoms with Gasteiger partial charge >= 0.3 is 0 Å². The highest BCUT2D eigenvalue weighted by atomic mass is 16.3. The van der Waals surface area contributed by atoms with Crippen LogP contribution in [-0.4, -0.2) is 5.11 Å². The third-order valence-electron chi connectivity index (χ3n) is 5.23. The van der Waals surface area contributed by atoms with Crippen molar-refractivity contribution < 1.29 is 5.11 Å². The van der Waals surface area contributed by atoms with Gasteiger partial charge in [-0.15, -0.1) is 0 Å². The maximum absolute atomic E-state index is 11.1. The predicted octanol–water partition coefficient (Wildman–Crippen LogP) is 2.94. The zero-order valence-electron chi connectivity index (χ0n) is 10.0. The normalized spacial score (nSPS) is 37.7. The van der Waals surface area contributed by atoms with Crippen LogP contribution in [0.5, 0.6) is 0 Å². The minimum Gasteiger partial charge on any atom is -0.384 e. The van der Waals surface area contributed by atoms with E-state index in [2.05, 4.69) is 48.5 Å². The van der Waals surface area contributed by atoms with Gasteiger partial charge in [0.1, 0.15) is 0 Å². The Kier molecular flexibility index (Phi) is 1.40. The maximum atomic E-state index is 11.1. The Labute approximate surface area is 106 Å². The first-order valence-corrected chi connectivity index (χ1v) is 6.70. The molecule has 3 aliphatic carbocycles. The summed E-state index contributed by atoms with van der Waals surface area (Å²) in [4.78, 5) is 0. The highest BCUT2D eigenvalue weighted by molar-refractivity contribution is 5.59. The van der Waals surface area contributed by atoms with Crippen LogP contribution in [0.1, 0.15) is 34.1 Å². The van der Waals surface area contributed by atoms with Gasteiger partial charge in [0.2, 0.25) is 0 Å². The van der Waals surface area contributed by atoms with Crippen molar-refractivity contribution in [3.05, 3.63) is 70.8 Å². The average Bonchev–Trinajstić information content (AvgIpc) is 3.09. The van der Waals surface area contributed by atoms with Gasteiger partial charge in [0.25, 0.3) is 0 Å². The van der Waals surface area contributed by atoms with E-state index in [4.69, 9.17) is 0 Å². The Morgan fingerprint density at radius 3 is 2.44 bits per heavy atom. The van der Waals surface area contributed by atoms with E-state index >= 15 is 0 Å². The second-order valence-corrected chi connectivity index (χ2v) is 5.96. The fraction of sp³-hybridized carbons (Fsp3) is 0.294. The number of hydrogen-bond donors (Lipinski definition) is 1. The van der Waals surface area contributed by atoms with Crippen molar-refractivity contribution in [1.29, 1.82) is 0 Å². The molecule has 88 valence electrons. The van der Waals surface area contributed by atoms with E-state index in [9.17, 15) is 5.11 Å². The molecule has 1 fully saturated rings. The van der Waals surface area contributed by atoms with Crippen molar-refractivity contribution in [2.45, 2.75) is 23.9 Å². The SMILES string of the molecule is O[C@@]12Cc3ccccc3[C@@H]3[C@H](c4ccccc41)[C@H]32. The van der Waals surface area contributed by atoms with Gasteiger partial charge in [-0.05, 0) is 34.1 Å². The van der Waals surface area contributed by atoms with E-state index in [0.29, 0.717) is 17.8 Å². The number of aliphatic hydroxyl groups is 1. The first kappa shape index (κ1) is 9.35. The number of fused-ring (bicyclic) bond motifs is 6. The lowest BCUT2D eigenvalue weighted by molar-refractivity contribution is 0.0122. The zero-order chi connectivity index (χ0) is 11.9. The first-order chi connectivity index (χ1) is 8.81. The van der Waals surface area contributed by atoms with Gasteiger partial charge in [0, 0.05) is 12.3 Å². The Bertz CT molecular complexity index is 675. The summed E-state index contributed by atoms with van der Waals surface area (Å²) in [5, 5.41) is 11.1. The van der Waals surface area contributed by atoms with Crippen molar-refractivity contribution in [3.8, 4) is 0 Å². The van der Waals surface area contributed by atoms with E-state index in [1.165, 1.54) is 22.3 Å². The molecule has 2 aromatic rings. The second kappa shape index (κ2) is 2.70. The molecule has 0 aromatic heterocycles. The summed E-state index contributed by atoms with van der Waals surface area (Å²) in [6, 6.07) is 17.1. The van der Waals surface area contributed by atoms with Crippen LogP contribution in [0.4, 0.5) is 0 Å². The van der Waals surface area contributed by atoms with Gasteiger partial charge in [-0.1, -0.05) is 48.5 Å². The molecule has 0 saturated heterocycles. The van der Waals surface area contributed by atoms with Crippen LogP contribution in [-0.2, 0) is 12.0 Å². The van der Waals surface area contributed by atoms with E-state index in [1.54, 1.807) is 0 Å². The van der Waals surface area contributed by atoms with Crippen molar-refractivity contribution >= 4 is 0 Å². The molecule has 1 nitrogen and oxygen atoms in total. The van der Waals surface area contributed by atoms with Gasteiger partial charge in [0.15, 0.2) is 0 Å². The van der Waals surface area contributed by atoms with Crippen LogP contribution in [0.25, 0.3) is 0 Å². The molecule has 0 bridgehead atoms. The minimum atomic E-state index is -0.597. The molecule has 1 saturated carbocycles. The molecule has 0 heterocycles. The van der Waals surface area contributed by atoms with Gasteiger partial charge in [-0.3, -0.25) is 0 Å². The molecule has 0 amide bonds. The third-order valence-corrected chi connectivity index (χ3v) is 5.23. The number of hydrogen-bond acceptors (Lipinski definition) is 1. The molecule has 1 N–H and O–H groups in total. The molecular formula is C17H14O. The molecule has 18 heavy (non-hydrogen) atoms. The van der Waals surface area contributed by atoms with Crippen LogP contribution >= 0.6 is 0 Å². The van der Waals surface area contributed by atoms with E-state index in [0.717, 1.165) is 6.42 Å². The van der Waals surface area contributed by atoms with Crippen LogP contribution in [0.2, 0.25) is 0 Å². The lowest BCUT2D eigenvalue weighted by Crippen LogP contribution is -2.33. The van der Waals surface area contributed by atoms with E-state index < -0.39 is 5.60 Å². The standard InChI is InChI=1S/C17H14O/c18-17-9-10-5-1-2-6-11(10)14-15(16(14)17)12-7-3-4-8-13(12)17/h1-8,14-16,18H,9H2/t14-,15+,16+,17+/m1/s1. The van der Waals surface area contributed by atoms with Crippen LogP contribution in [0.15, 0.2) is 48.5 Å². The Morgan fingerprint density at radius 2 is 1.56 bits per heavy atom. The maximum Gasteiger partial charge on any atom is 0.0979 e. The summed E-state index contributed by atoms with van der Waals surface area (Å²) in [5.41, 5.74) is 4.81. The van der Waals surface area contributed by atoms with Crippen molar-refractivity contribution in [2.24, 2.45) is 5.92 Å². The monoisotopic (exact) mass is 234 g/mol. The molecule has 5 rings (SSSR count). The Balaban J connectivity index is 1.79. The molecule has 3 aliphatic rings. The van der Waals surface area contributed by atoms with Crippen LogP contribution in [0, 0.1) is 5.92 Å². The molecule has 4 atom stereocenters. The Morgan fingerprint density at radius 1 is 0.889 bits per heavy atom. The minimum absolute atomic E-state index is 0.435. The zero-order valence-corrected chi connectivity index (χ0v) is 10.0. The topological polar surface area (TPSA) is 20.2 Å². The van der Waals surface area contributed by atoms with Crippen molar-refractivity contribution in [3.63, 3.8) is 0 Å². The lowest BCUT2D eigenvalue weighted by Gasteiger charge is -2.33. The van der Waals surface area contributed by atoms with Gasteiger partial charge < -0.3 is 5.11 Å². The third kappa shape index (κ3) is 0.842. The van der Waals surface area contributed by atoms with Crippen LogP contribution < -0.4 is 0 Å². The van der Waals surface area contributed by atoms with Crippen molar-refractivity contribution in [2.75, 3.05) is 0 Å². The predicted molar refractivity (Wildman–Crippen MR) is 69.5 cm³/mol. The quantitative estimate of drug-likeness (QED) is 0.743. The highest BCUT2D eigenvalue weighted by Gasteiger charge is 2.70. The summed E-state index contributed by atoms with van der Waals surface area (Å²) in [6.07, 6.45) is 0.790. The molecule has 2 aromatic carbocycles. The molecule has 0 radical (unpaired) electrons. The fourth-order valence-electron chi connectivity index (χ4n) is 4.56. The molecule has 0 spiro atoms. The summed E-state index contributed by atoms with van der Waals surface area (Å²) in [7, 11) is 0. The number of rotatable bonds is 0. The first-order valence-electron chi connectivity index (χ1n) is 6.70. The average molecular weight is 234 g/mol. The van der Waals surface area contributed by atoms with Crippen molar-refractivity contribution in [1.82, 2.24) is 0 Å². The Hall–Kier alpha value is -1.60. The smallest absolute Gasteiger partial charge is 0.0979 e. The van der Waals surface area contributed by atoms with E-state index in [-0.39, 0.29) is 0 Å². The fourth-order valence-corrected chi connectivity index (χ4v) is 4.56. The highest BCUT2D eigenvalue weighted by Crippen LogP contribution is 2.75. The van der Waals surface area contributed by atoms with Gasteiger partial charge in [-0.25, -0.2) is 0 Å². The second-order valence-electron chi connectivity index (χ2n) is 5.96. The molecule has 0 unspecified atom stereocenters. The van der Waals surface area contributed by atoms with Crippen LogP contribution in [0.3, 0.4) is 0 Å². The van der Waals surface area contributed by atoms with E-state index in [1.807, 2.05) is 0 Å². The summed E-state index contributed by atoms with van der Waals surface area (Å²) < 4.78 is 0. The lowest BCUT2D eigenvalue weighted by atomic mass is 9.76. The molecule has 1 heteroatoms.